The second kappa shape index (κ2) is 19.2. The van der Waals surface area contributed by atoms with E-state index in [1.54, 1.807) is 12.1 Å². The van der Waals surface area contributed by atoms with Gasteiger partial charge in [0.05, 0.1) is 12.2 Å². The molecule has 2 aliphatic rings. The van der Waals surface area contributed by atoms with Crippen LogP contribution in [0.1, 0.15) is 74.5 Å². The predicted octanol–water partition coefficient (Wildman–Crippen LogP) is 5.84. The van der Waals surface area contributed by atoms with Gasteiger partial charge in [0.15, 0.2) is 5.79 Å². The summed E-state index contributed by atoms with van der Waals surface area (Å²) in [6.45, 7) is 1.97. The fourth-order valence-electron chi connectivity index (χ4n) is 6.79. The van der Waals surface area contributed by atoms with Crippen LogP contribution in [0.3, 0.4) is 0 Å². The van der Waals surface area contributed by atoms with E-state index in [1.807, 2.05) is 60.7 Å². The van der Waals surface area contributed by atoms with Crippen molar-refractivity contribution in [3.05, 3.63) is 107 Å². The number of rotatable bonds is 15. The first-order valence-electron chi connectivity index (χ1n) is 18.1. The zero-order chi connectivity index (χ0) is 37.6. The summed E-state index contributed by atoms with van der Waals surface area (Å²) in [5, 5.41) is 17.3. The highest BCUT2D eigenvalue weighted by atomic mass is 19.1. The number of hydrogen-bond donors (Lipinski definition) is 4. The molecule has 53 heavy (non-hydrogen) atoms. The summed E-state index contributed by atoms with van der Waals surface area (Å²) in [4.78, 5) is 49.5. The summed E-state index contributed by atoms with van der Waals surface area (Å²) in [5.41, 5.74) is 2.98. The molecule has 1 spiro atoms. The molecule has 4 N–H and O–H groups in total. The molecular formula is C40H48FN3O9. The molecule has 2 saturated heterocycles. The van der Waals surface area contributed by atoms with E-state index in [9.17, 15) is 23.6 Å². The Kier molecular flexibility index (Phi) is 14.2. The van der Waals surface area contributed by atoms with E-state index in [2.05, 4.69) is 16.0 Å². The zero-order valence-corrected chi connectivity index (χ0v) is 29.8. The Bertz CT molecular complexity index is 1610. The van der Waals surface area contributed by atoms with Crippen molar-refractivity contribution >= 4 is 24.1 Å². The number of carboxylic acid groups (broad SMARTS) is 1. The molecule has 13 heteroatoms. The van der Waals surface area contributed by atoms with E-state index in [4.69, 9.17) is 24.1 Å². The summed E-state index contributed by atoms with van der Waals surface area (Å²) in [5.74, 6) is -3.15. The van der Waals surface area contributed by atoms with Crippen molar-refractivity contribution in [1.29, 1.82) is 0 Å². The van der Waals surface area contributed by atoms with Gasteiger partial charge in [0.2, 0.25) is 5.91 Å². The number of hydrogen-bond acceptors (Lipinski definition) is 8. The maximum Gasteiger partial charge on any atom is 0.407 e. The Balaban J connectivity index is 1.17. The van der Waals surface area contributed by atoms with Gasteiger partial charge < -0.3 is 40.0 Å². The van der Waals surface area contributed by atoms with Crippen LogP contribution in [0.5, 0.6) is 0 Å². The van der Waals surface area contributed by atoms with Crippen LogP contribution in [0.15, 0.2) is 84.9 Å². The quantitative estimate of drug-likeness (QED) is 0.151. The molecule has 0 aromatic heterocycles. The topological polar surface area (TPSA) is 162 Å². The van der Waals surface area contributed by atoms with Gasteiger partial charge >= 0.3 is 18.2 Å². The number of benzene rings is 3. The summed E-state index contributed by atoms with van der Waals surface area (Å²) >= 11 is 0. The lowest BCUT2D eigenvalue weighted by Crippen LogP contribution is -2.54. The molecule has 3 amide bonds. The average molecular weight is 734 g/mol. The van der Waals surface area contributed by atoms with Crippen molar-refractivity contribution in [3.63, 3.8) is 0 Å². The van der Waals surface area contributed by atoms with Gasteiger partial charge in [-0.05, 0) is 61.4 Å². The summed E-state index contributed by atoms with van der Waals surface area (Å²) in [6, 6.07) is 24.8. The zero-order valence-electron chi connectivity index (χ0n) is 29.8. The second-order valence-corrected chi connectivity index (χ2v) is 13.6. The lowest BCUT2D eigenvalue weighted by molar-refractivity contribution is -0.329. The predicted molar refractivity (Wildman–Crippen MR) is 192 cm³/mol. The van der Waals surface area contributed by atoms with Crippen molar-refractivity contribution in [1.82, 2.24) is 16.0 Å². The smallest absolute Gasteiger partial charge is 0.407 e. The Morgan fingerprint density at radius 1 is 0.906 bits per heavy atom. The highest BCUT2D eigenvalue weighted by molar-refractivity contribution is 5.83. The summed E-state index contributed by atoms with van der Waals surface area (Å²) in [7, 11) is 0. The molecule has 0 radical (unpaired) electrons. The normalized spacial score (nSPS) is 21.7. The number of aliphatic carboxylic acids is 1. The minimum atomic E-state index is -1.15. The van der Waals surface area contributed by atoms with Gasteiger partial charge in [0, 0.05) is 44.7 Å². The van der Waals surface area contributed by atoms with Gasteiger partial charge in [0.25, 0.3) is 0 Å². The van der Waals surface area contributed by atoms with Gasteiger partial charge in [0.1, 0.15) is 24.6 Å². The Morgan fingerprint density at radius 2 is 1.57 bits per heavy atom. The van der Waals surface area contributed by atoms with Gasteiger partial charge in [-0.3, -0.25) is 9.59 Å². The van der Waals surface area contributed by atoms with Crippen LogP contribution in [0, 0.1) is 5.82 Å². The maximum atomic E-state index is 13.3. The third kappa shape index (κ3) is 12.3. The molecule has 0 unspecified atom stereocenters. The first-order chi connectivity index (χ1) is 25.6. The van der Waals surface area contributed by atoms with Crippen molar-refractivity contribution in [2.24, 2.45) is 0 Å². The third-order valence-electron chi connectivity index (χ3n) is 9.48. The highest BCUT2D eigenvalue weighted by Gasteiger charge is 2.47. The average Bonchev–Trinajstić information content (AvgIpc) is 3.15. The molecule has 2 fully saturated rings. The van der Waals surface area contributed by atoms with Gasteiger partial charge in [-0.15, -0.1) is 0 Å². The Morgan fingerprint density at radius 3 is 2.23 bits per heavy atom. The third-order valence-corrected chi connectivity index (χ3v) is 9.48. The van der Waals surface area contributed by atoms with Crippen molar-refractivity contribution < 1.29 is 47.6 Å². The fourth-order valence-corrected chi connectivity index (χ4v) is 6.79. The van der Waals surface area contributed by atoms with E-state index >= 15 is 0 Å². The number of nitrogens with one attached hydrogen (secondary N) is 3. The van der Waals surface area contributed by atoms with Crippen LogP contribution >= 0.6 is 0 Å². The SMILES string of the molecule is C[C@H](NC(=O)CC[C@@H]1C[C@@H](OC(=O)NCCc2ccc(F)cc2)C[C@@]2(CCC[C@H](COC(=O)NCC(c3ccccc3)c3ccccc3)O2)O1)C(=O)O. The molecule has 0 aliphatic carbocycles. The monoisotopic (exact) mass is 733 g/mol. The Hall–Kier alpha value is -5.01. The number of carbonyl (C=O) groups excluding carboxylic acids is 3. The molecule has 0 saturated carbocycles. The molecule has 2 aliphatic heterocycles. The van der Waals surface area contributed by atoms with Gasteiger partial charge in [-0.1, -0.05) is 72.8 Å². The largest absolute Gasteiger partial charge is 0.480 e. The van der Waals surface area contributed by atoms with Crippen LogP contribution < -0.4 is 16.0 Å². The molecular weight excluding hydrogens is 685 g/mol. The standard InChI is InChI=1S/C40H48FN3O9/c1-27(37(46)47)44-36(45)19-18-32-23-34(51-39(49)42-22-20-28-14-16-31(41)17-15-28)24-40(52-32)21-8-13-33(53-40)26-50-38(48)43-25-35(29-9-4-2-5-10-29)30-11-6-3-7-12-30/h2-7,9-12,14-17,27,32-35H,8,13,18-26H2,1H3,(H,42,49)(H,43,48)(H,44,45)(H,46,47)/t27-,32+,33+,34+,40-/m0/s1. The number of carboxylic acids is 1. The van der Waals surface area contributed by atoms with E-state index in [0.29, 0.717) is 38.6 Å². The van der Waals surface area contributed by atoms with Crippen LogP contribution in [-0.2, 0) is 35.0 Å². The first-order valence-corrected chi connectivity index (χ1v) is 18.1. The maximum absolute atomic E-state index is 13.3. The summed E-state index contributed by atoms with van der Waals surface area (Å²) < 4.78 is 37.7. The molecule has 12 nitrogen and oxygen atoms in total. The molecule has 284 valence electrons. The highest BCUT2D eigenvalue weighted by Crippen LogP contribution is 2.41. The van der Waals surface area contributed by atoms with Gasteiger partial charge in [-0.25, -0.2) is 14.0 Å². The second-order valence-electron chi connectivity index (χ2n) is 13.6. The lowest BCUT2D eigenvalue weighted by Gasteiger charge is -2.47. The van der Waals surface area contributed by atoms with E-state index in [0.717, 1.165) is 16.7 Å². The number of carbonyl (C=O) groups is 4. The van der Waals surface area contributed by atoms with Crippen LogP contribution in [0.25, 0.3) is 0 Å². The van der Waals surface area contributed by atoms with Crippen molar-refractivity contribution in [2.75, 3.05) is 19.7 Å². The van der Waals surface area contributed by atoms with Crippen LogP contribution in [0.4, 0.5) is 14.0 Å². The first kappa shape index (κ1) is 39.2. The summed E-state index contributed by atoms with van der Waals surface area (Å²) in [6.07, 6.45) is 0.206. The van der Waals surface area contributed by atoms with Crippen molar-refractivity contribution in [2.45, 2.75) is 94.3 Å². The van der Waals surface area contributed by atoms with E-state index in [-0.39, 0.29) is 44.1 Å². The molecule has 3 aromatic rings. The minimum absolute atomic E-state index is 0.00534. The number of ether oxygens (including phenoxy) is 4. The van der Waals surface area contributed by atoms with E-state index in [1.165, 1.54) is 19.1 Å². The van der Waals surface area contributed by atoms with Gasteiger partial charge in [-0.2, -0.15) is 0 Å². The number of halogens is 1. The van der Waals surface area contributed by atoms with Crippen LogP contribution in [-0.4, -0.2) is 79.0 Å². The molecule has 5 rings (SSSR count). The molecule has 5 atom stereocenters. The fraction of sp³-hybridized carbons (Fsp3) is 0.450. The molecule has 3 aromatic carbocycles. The molecule has 2 heterocycles. The Labute approximate surface area is 308 Å². The minimum Gasteiger partial charge on any atom is -0.480 e. The molecule has 0 bridgehead atoms. The van der Waals surface area contributed by atoms with Crippen molar-refractivity contribution in [3.8, 4) is 0 Å². The van der Waals surface area contributed by atoms with Crippen LogP contribution in [0.2, 0.25) is 0 Å². The number of amides is 3. The lowest BCUT2D eigenvalue weighted by atomic mass is 9.90. The van der Waals surface area contributed by atoms with E-state index < -0.39 is 54.2 Å². The number of alkyl carbamates (subject to hydrolysis) is 2.